The lowest BCUT2D eigenvalue weighted by Crippen LogP contribution is -2.52. The molecule has 3 rings (SSSR count). The van der Waals surface area contributed by atoms with Crippen molar-refractivity contribution in [3.8, 4) is 0 Å². The maximum absolute atomic E-state index is 13.5. The predicted octanol–water partition coefficient (Wildman–Crippen LogP) is 3.53. The van der Waals surface area contributed by atoms with Crippen LogP contribution in [0.5, 0.6) is 0 Å². The van der Waals surface area contributed by atoms with Gasteiger partial charge in [-0.3, -0.25) is 19.9 Å². The standard InChI is InChI=1S/C25H30F3N5O2/c1-32(19-10-12-24(16-29,13-11-19)25(26,27)28)21(34)15-33(20-8-3-2-4-9-20)23(35)18-7-5-6-17(14-18)22(30)31/h2-9,14,19H,10-13,15-16,29H2,1H3,(H3,30,31). The molecule has 10 heteroatoms. The molecule has 1 fully saturated rings. The van der Waals surface area contributed by atoms with Gasteiger partial charge in [-0.15, -0.1) is 0 Å². The number of nitrogen functional groups attached to an aromatic ring is 1. The van der Waals surface area contributed by atoms with Crippen LogP contribution in [0.4, 0.5) is 18.9 Å². The minimum absolute atomic E-state index is 0.144. The molecular weight excluding hydrogens is 459 g/mol. The molecule has 2 aromatic carbocycles. The summed E-state index contributed by atoms with van der Waals surface area (Å²) in [6.07, 6.45) is -4.32. The fourth-order valence-electron chi connectivity index (χ4n) is 4.46. The molecule has 1 aliphatic carbocycles. The quantitative estimate of drug-likeness (QED) is 0.408. The van der Waals surface area contributed by atoms with Gasteiger partial charge in [-0.1, -0.05) is 30.3 Å². The highest BCUT2D eigenvalue weighted by Gasteiger charge is 2.55. The first kappa shape index (κ1) is 26.2. The van der Waals surface area contributed by atoms with E-state index in [2.05, 4.69) is 0 Å². The SMILES string of the molecule is CN(C(=O)CN(C(=O)c1cccc(C(=N)N)c1)c1ccccc1)C1CCC(CN)(C(F)(F)F)CC1. The molecule has 2 aromatic rings. The van der Waals surface area contributed by atoms with Gasteiger partial charge in [-0.05, 0) is 49.9 Å². The number of nitrogens with one attached hydrogen (secondary N) is 1. The van der Waals surface area contributed by atoms with Gasteiger partial charge in [0.2, 0.25) is 5.91 Å². The molecule has 0 bridgehead atoms. The van der Waals surface area contributed by atoms with Crippen LogP contribution in [0.3, 0.4) is 0 Å². The number of amides is 2. The van der Waals surface area contributed by atoms with E-state index in [1.807, 2.05) is 0 Å². The Bertz CT molecular complexity index is 1070. The second kappa shape index (κ2) is 10.5. The Kier molecular flexibility index (Phi) is 7.84. The summed E-state index contributed by atoms with van der Waals surface area (Å²) in [5.41, 5.74) is 10.3. The molecule has 0 heterocycles. The minimum atomic E-state index is -4.39. The second-order valence-corrected chi connectivity index (χ2v) is 8.94. The number of carbonyl (C=O) groups excluding carboxylic acids is 2. The topological polar surface area (TPSA) is 117 Å². The number of halogens is 3. The monoisotopic (exact) mass is 489 g/mol. The predicted molar refractivity (Wildman–Crippen MR) is 128 cm³/mol. The first-order valence-corrected chi connectivity index (χ1v) is 11.3. The first-order valence-electron chi connectivity index (χ1n) is 11.3. The third kappa shape index (κ3) is 5.64. The third-order valence-electron chi connectivity index (χ3n) is 6.87. The molecule has 0 atom stereocenters. The van der Waals surface area contributed by atoms with E-state index in [1.54, 1.807) is 55.6 Å². The van der Waals surface area contributed by atoms with Crippen molar-refractivity contribution in [1.82, 2.24) is 4.90 Å². The summed E-state index contributed by atoms with van der Waals surface area (Å²) in [6, 6.07) is 14.5. The number of amidine groups is 1. The van der Waals surface area contributed by atoms with E-state index < -0.39 is 24.0 Å². The molecule has 0 spiro atoms. The zero-order valence-electron chi connectivity index (χ0n) is 19.5. The van der Waals surface area contributed by atoms with Gasteiger partial charge in [0.25, 0.3) is 5.91 Å². The van der Waals surface area contributed by atoms with E-state index in [4.69, 9.17) is 16.9 Å². The van der Waals surface area contributed by atoms with Gasteiger partial charge in [0.1, 0.15) is 12.4 Å². The van der Waals surface area contributed by atoms with Gasteiger partial charge < -0.3 is 16.4 Å². The van der Waals surface area contributed by atoms with E-state index in [0.29, 0.717) is 11.3 Å². The summed E-state index contributed by atoms with van der Waals surface area (Å²) in [5.74, 6) is -1.03. The normalized spacial score (nSPS) is 20.2. The number of hydrogen-bond acceptors (Lipinski definition) is 4. The summed E-state index contributed by atoms with van der Waals surface area (Å²) in [4.78, 5) is 29.3. The van der Waals surface area contributed by atoms with E-state index in [-0.39, 0.29) is 55.6 Å². The molecule has 7 nitrogen and oxygen atoms in total. The molecular formula is C25H30F3N5O2. The summed E-state index contributed by atoms with van der Waals surface area (Å²) < 4.78 is 40.6. The molecule has 2 amide bonds. The van der Waals surface area contributed by atoms with Crippen LogP contribution >= 0.6 is 0 Å². The summed E-state index contributed by atoms with van der Waals surface area (Å²) in [7, 11) is 1.56. The number of nitrogens with two attached hydrogens (primary N) is 2. The van der Waals surface area contributed by atoms with Gasteiger partial charge in [-0.2, -0.15) is 13.2 Å². The smallest absolute Gasteiger partial charge is 0.384 e. The minimum Gasteiger partial charge on any atom is -0.384 e. The van der Waals surface area contributed by atoms with Gasteiger partial charge in [0.05, 0.1) is 5.41 Å². The zero-order valence-corrected chi connectivity index (χ0v) is 19.5. The van der Waals surface area contributed by atoms with Crippen LogP contribution in [-0.2, 0) is 4.79 Å². The average Bonchev–Trinajstić information content (AvgIpc) is 2.86. The van der Waals surface area contributed by atoms with Crippen LogP contribution < -0.4 is 16.4 Å². The number of likely N-dealkylation sites (N-methyl/N-ethyl adjacent to an activating group) is 1. The number of benzene rings is 2. The lowest BCUT2D eigenvalue weighted by molar-refractivity contribution is -0.233. The molecule has 1 saturated carbocycles. The van der Waals surface area contributed by atoms with Gasteiger partial charge >= 0.3 is 6.18 Å². The number of para-hydroxylation sites is 1. The van der Waals surface area contributed by atoms with Crippen molar-refractivity contribution in [2.24, 2.45) is 16.9 Å². The van der Waals surface area contributed by atoms with Crippen LogP contribution in [0.15, 0.2) is 54.6 Å². The Morgan fingerprint density at radius 1 is 1.06 bits per heavy atom. The molecule has 1 aliphatic rings. The highest BCUT2D eigenvalue weighted by atomic mass is 19.4. The van der Waals surface area contributed by atoms with Crippen LogP contribution in [0.2, 0.25) is 0 Å². The number of carbonyl (C=O) groups is 2. The van der Waals surface area contributed by atoms with Gasteiger partial charge in [-0.25, -0.2) is 0 Å². The van der Waals surface area contributed by atoms with E-state index in [1.165, 1.54) is 15.9 Å². The molecule has 5 N–H and O–H groups in total. The van der Waals surface area contributed by atoms with Crippen molar-refractivity contribution >= 4 is 23.3 Å². The van der Waals surface area contributed by atoms with E-state index in [0.717, 1.165) is 0 Å². The molecule has 0 radical (unpaired) electrons. The summed E-state index contributed by atoms with van der Waals surface area (Å²) in [5, 5.41) is 7.62. The van der Waals surface area contributed by atoms with Crippen molar-refractivity contribution in [3.05, 3.63) is 65.7 Å². The van der Waals surface area contributed by atoms with Crippen molar-refractivity contribution in [2.75, 3.05) is 25.0 Å². The Morgan fingerprint density at radius 2 is 1.66 bits per heavy atom. The van der Waals surface area contributed by atoms with Crippen LogP contribution in [0.25, 0.3) is 0 Å². The zero-order chi connectivity index (χ0) is 25.8. The molecule has 0 aromatic heterocycles. The number of hydrogen-bond donors (Lipinski definition) is 3. The summed E-state index contributed by atoms with van der Waals surface area (Å²) in [6.45, 7) is -0.766. The largest absolute Gasteiger partial charge is 0.395 e. The number of nitrogens with zero attached hydrogens (tertiary/aromatic N) is 2. The van der Waals surface area contributed by atoms with Gasteiger partial charge in [0, 0.05) is 36.4 Å². The van der Waals surface area contributed by atoms with Crippen LogP contribution in [0, 0.1) is 10.8 Å². The average molecular weight is 490 g/mol. The van der Waals surface area contributed by atoms with Crippen molar-refractivity contribution < 1.29 is 22.8 Å². The lowest BCUT2D eigenvalue weighted by Gasteiger charge is -2.43. The maximum Gasteiger partial charge on any atom is 0.395 e. The summed E-state index contributed by atoms with van der Waals surface area (Å²) >= 11 is 0. The fourth-order valence-corrected chi connectivity index (χ4v) is 4.46. The highest BCUT2D eigenvalue weighted by molar-refractivity contribution is 6.10. The Balaban J connectivity index is 1.78. The number of rotatable bonds is 7. The molecule has 0 saturated heterocycles. The number of alkyl halides is 3. The second-order valence-electron chi connectivity index (χ2n) is 8.94. The van der Waals surface area contributed by atoms with E-state index >= 15 is 0 Å². The molecule has 188 valence electrons. The van der Waals surface area contributed by atoms with Crippen LogP contribution in [0.1, 0.15) is 41.6 Å². The Hall–Kier alpha value is -3.40. The fraction of sp³-hybridized carbons (Fsp3) is 0.400. The molecule has 0 aliphatic heterocycles. The molecule has 0 unspecified atom stereocenters. The van der Waals surface area contributed by atoms with Crippen molar-refractivity contribution in [3.63, 3.8) is 0 Å². The first-order chi connectivity index (χ1) is 16.5. The lowest BCUT2D eigenvalue weighted by atomic mass is 9.71. The maximum atomic E-state index is 13.5. The van der Waals surface area contributed by atoms with Crippen LogP contribution in [-0.4, -0.2) is 54.9 Å². The highest BCUT2D eigenvalue weighted by Crippen LogP contribution is 2.48. The van der Waals surface area contributed by atoms with Crippen molar-refractivity contribution in [2.45, 2.75) is 37.9 Å². The van der Waals surface area contributed by atoms with E-state index in [9.17, 15) is 22.8 Å². The molecule has 35 heavy (non-hydrogen) atoms. The van der Waals surface area contributed by atoms with Crippen molar-refractivity contribution in [1.29, 1.82) is 5.41 Å². The third-order valence-corrected chi connectivity index (χ3v) is 6.87. The number of anilines is 1. The Labute approximate surface area is 202 Å². The van der Waals surface area contributed by atoms with Gasteiger partial charge in [0.15, 0.2) is 0 Å². The Morgan fingerprint density at radius 3 is 2.20 bits per heavy atom.